The van der Waals surface area contributed by atoms with Crippen LogP contribution in [0, 0.1) is 12.7 Å². The van der Waals surface area contributed by atoms with Crippen LogP contribution < -0.4 is 5.32 Å². The van der Waals surface area contributed by atoms with Crippen LogP contribution >= 0.6 is 15.9 Å². The van der Waals surface area contributed by atoms with E-state index in [4.69, 9.17) is 0 Å². The Kier molecular flexibility index (Phi) is 4.75. The van der Waals surface area contributed by atoms with Gasteiger partial charge in [0.05, 0.1) is 5.56 Å². The molecule has 0 radical (unpaired) electrons. The lowest BCUT2D eigenvalue weighted by Gasteiger charge is -2.05. The van der Waals surface area contributed by atoms with Crippen molar-refractivity contribution in [2.24, 2.45) is 0 Å². The molecule has 0 heterocycles. The van der Waals surface area contributed by atoms with E-state index in [0.717, 1.165) is 17.3 Å². The van der Waals surface area contributed by atoms with Crippen LogP contribution in [0.25, 0.3) is 0 Å². The highest BCUT2D eigenvalue weighted by atomic mass is 79.9. The quantitative estimate of drug-likeness (QED) is 0.663. The van der Waals surface area contributed by atoms with Crippen LogP contribution in [0.4, 0.5) is 4.39 Å². The molecule has 1 amide bonds. The van der Waals surface area contributed by atoms with Crippen molar-refractivity contribution in [2.45, 2.75) is 13.3 Å². The molecule has 2 nitrogen and oxygen atoms in total. The molecule has 1 N–H and O–H groups in total. The van der Waals surface area contributed by atoms with Gasteiger partial charge in [-0.1, -0.05) is 22.0 Å². The predicted molar refractivity (Wildman–Crippen MR) is 61.9 cm³/mol. The van der Waals surface area contributed by atoms with Gasteiger partial charge in [0.1, 0.15) is 5.82 Å². The van der Waals surface area contributed by atoms with Gasteiger partial charge in [-0.25, -0.2) is 4.39 Å². The molecule has 1 aromatic carbocycles. The molecule has 1 aromatic rings. The summed E-state index contributed by atoms with van der Waals surface area (Å²) in [6.45, 7) is 2.34. The van der Waals surface area contributed by atoms with Crippen molar-refractivity contribution in [3.05, 3.63) is 35.1 Å². The molecule has 0 unspecified atom stereocenters. The molecule has 1 rings (SSSR count). The van der Waals surface area contributed by atoms with Gasteiger partial charge in [-0.2, -0.15) is 0 Å². The van der Waals surface area contributed by atoms with Gasteiger partial charge >= 0.3 is 0 Å². The molecule has 0 fully saturated rings. The van der Waals surface area contributed by atoms with Crippen LogP contribution in [0.1, 0.15) is 22.3 Å². The summed E-state index contributed by atoms with van der Waals surface area (Å²) in [6.07, 6.45) is 0.833. The number of aryl methyl sites for hydroxylation is 1. The van der Waals surface area contributed by atoms with E-state index >= 15 is 0 Å². The average molecular weight is 274 g/mol. The Morgan fingerprint density at radius 1 is 1.53 bits per heavy atom. The number of nitrogens with one attached hydrogen (secondary N) is 1. The fourth-order valence-corrected chi connectivity index (χ4v) is 1.45. The van der Waals surface area contributed by atoms with Crippen LogP contribution in [-0.4, -0.2) is 17.8 Å². The largest absolute Gasteiger partial charge is 0.352 e. The molecule has 82 valence electrons. The first-order valence-electron chi connectivity index (χ1n) is 4.75. The van der Waals surface area contributed by atoms with Gasteiger partial charge in [0.15, 0.2) is 0 Å². The summed E-state index contributed by atoms with van der Waals surface area (Å²) in [6, 6.07) is 4.59. The predicted octanol–water partition coefficient (Wildman–Crippen LogP) is 2.65. The van der Waals surface area contributed by atoms with E-state index < -0.39 is 5.82 Å². The van der Waals surface area contributed by atoms with Gasteiger partial charge in [0.25, 0.3) is 5.91 Å². The van der Waals surface area contributed by atoms with Crippen molar-refractivity contribution < 1.29 is 9.18 Å². The number of benzene rings is 1. The Balaban J connectivity index is 2.65. The Hall–Kier alpha value is -0.900. The Morgan fingerprint density at radius 3 is 2.87 bits per heavy atom. The maximum atomic E-state index is 13.3. The Labute approximate surface area is 97.0 Å². The van der Waals surface area contributed by atoms with Crippen LogP contribution in [0.2, 0.25) is 0 Å². The zero-order valence-corrected chi connectivity index (χ0v) is 10.1. The maximum absolute atomic E-state index is 13.3. The lowest BCUT2D eigenvalue weighted by molar-refractivity contribution is 0.0950. The smallest absolute Gasteiger partial charge is 0.254 e. The second-order valence-corrected chi connectivity index (χ2v) is 4.07. The zero-order valence-electron chi connectivity index (χ0n) is 8.52. The molecule has 0 aliphatic carbocycles. The highest BCUT2D eigenvalue weighted by molar-refractivity contribution is 9.09. The van der Waals surface area contributed by atoms with E-state index in [-0.39, 0.29) is 11.5 Å². The molecule has 15 heavy (non-hydrogen) atoms. The Morgan fingerprint density at radius 2 is 2.27 bits per heavy atom. The third kappa shape index (κ3) is 3.63. The van der Waals surface area contributed by atoms with Gasteiger partial charge in [-0.3, -0.25) is 4.79 Å². The summed E-state index contributed by atoms with van der Waals surface area (Å²) in [5.41, 5.74) is 0.916. The molecule has 0 aliphatic rings. The molecule has 0 aliphatic heterocycles. The number of hydrogen-bond acceptors (Lipinski definition) is 1. The minimum absolute atomic E-state index is 0.107. The van der Waals surface area contributed by atoms with Crippen LogP contribution in [0.3, 0.4) is 0 Å². The van der Waals surface area contributed by atoms with Gasteiger partial charge in [0.2, 0.25) is 0 Å². The highest BCUT2D eigenvalue weighted by Gasteiger charge is 2.10. The molecular formula is C11H13BrFNO. The lowest BCUT2D eigenvalue weighted by Crippen LogP contribution is -2.25. The van der Waals surface area contributed by atoms with Gasteiger partial charge < -0.3 is 5.32 Å². The van der Waals surface area contributed by atoms with Crippen molar-refractivity contribution in [3.8, 4) is 0 Å². The van der Waals surface area contributed by atoms with E-state index in [1.165, 1.54) is 12.1 Å². The number of amides is 1. The van der Waals surface area contributed by atoms with Crippen molar-refractivity contribution >= 4 is 21.8 Å². The van der Waals surface area contributed by atoms with Crippen LogP contribution in [-0.2, 0) is 0 Å². The van der Waals surface area contributed by atoms with E-state index in [1.807, 2.05) is 0 Å². The standard InChI is InChI=1S/C11H13BrFNO/c1-8-3-4-9(10(13)7-8)11(15)14-6-2-5-12/h3-4,7H,2,5-6H2,1H3,(H,14,15). The summed E-state index contributed by atoms with van der Waals surface area (Å²) in [4.78, 5) is 11.5. The van der Waals surface area contributed by atoms with Crippen LogP contribution in [0.15, 0.2) is 18.2 Å². The number of carbonyl (C=O) groups excluding carboxylic acids is 1. The summed E-state index contributed by atoms with van der Waals surface area (Å²) in [7, 11) is 0. The molecule has 0 saturated carbocycles. The summed E-state index contributed by atoms with van der Waals surface area (Å²) in [5, 5.41) is 3.47. The molecule has 0 atom stereocenters. The average Bonchev–Trinajstić information content (AvgIpc) is 2.17. The maximum Gasteiger partial charge on any atom is 0.254 e. The SMILES string of the molecule is Cc1ccc(C(=O)NCCCBr)c(F)c1. The number of halogens is 2. The third-order valence-corrected chi connectivity index (χ3v) is 2.53. The number of carbonyl (C=O) groups is 1. The molecule has 0 bridgehead atoms. The molecule has 4 heteroatoms. The normalized spacial score (nSPS) is 10.1. The minimum Gasteiger partial charge on any atom is -0.352 e. The highest BCUT2D eigenvalue weighted by Crippen LogP contribution is 2.09. The van der Waals surface area contributed by atoms with E-state index in [1.54, 1.807) is 13.0 Å². The van der Waals surface area contributed by atoms with Gasteiger partial charge in [-0.05, 0) is 31.0 Å². The summed E-state index contributed by atoms with van der Waals surface area (Å²) < 4.78 is 13.3. The fraction of sp³-hybridized carbons (Fsp3) is 0.364. The van der Waals surface area contributed by atoms with Crippen molar-refractivity contribution in [1.82, 2.24) is 5.32 Å². The lowest BCUT2D eigenvalue weighted by atomic mass is 10.1. The first-order valence-corrected chi connectivity index (χ1v) is 5.87. The molecular weight excluding hydrogens is 261 g/mol. The van der Waals surface area contributed by atoms with E-state index in [0.29, 0.717) is 6.54 Å². The Bertz CT molecular complexity index is 354. The zero-order chi connectivity index (χ0) is 11.3. The van der Waals surface area contributed by atoms with E-state index in [9.17, 15) is 9.18 Å². The molecule has 0 spiro atoms. The van der Waals surface area contributed by atoms with Crippen molar-refractivity contribution in [1.29, 1.82) is 0 Å². The third-order valence-electron chi connectivity index (χ3n) is 1.97. The van der Waals surface area contributed by atoms with Gasteiger partial charge in [-0.15, -0.1) is 0 Å². The number of hydrogen-bond donors (Lipinski definition) is 1. The summed E-state index contributed by atoms with van der Waals surface area (Å²) in [5.74, 6) is -0.820. The molecule has 0 saturated heterocycles. The van der Waals surface area contributed by atoms with E-state index in [2.05, 4.69) is 21.2 Å². The summed E-state index contributed by atoms with van der Waals surface area (Å²) >= 11 is 3.25. The first kappa shape index (κ1) is 12.2. The van der Waals surface area contributed by atoms with Crippen molar-refractivity contribution in [2.75, 3.05) is 11.9 Å². The van der Waals surface area contributed by atoms with Gasteiger partial charge in [0, 0.05) is 11.9 Å². The number of alkyl halides is 1. The van der Waals surface area contributed by atoms with Crippen molar-refractivity contribution in [3.63, 3.8) is 0 Å². The minimum atomic E-state index is -0.466. The second-order valence-electron chi connectivity index (χ2n) is 3.28. The first-order chi connectivity index (χ1) is 7.15. The fourth-order valence-electron chi connectivity index (χ4n) is 1.17. The van der Waals surface area contributed by atoms with Crippen LogP contribution in [0.5, 0.6) is 0 Å². The number of rotatable bonds is 4. The molecule has 0 aromatic heterocycles. The monoisotopic (exact) mass is 273 g/mol. The topological polar surface area (TPSA) is 29.1 Å². The second kappa shape index (κ2) is 5.85.